The maximum atomic E-state index is 11.6. The molecule has 0 amide bonds. The summed E-state index contributed by atoms with van der Waals surface area (Å²) >= 11 is 0. The van der Waals surface area contributed by atoms with Gasteiger partial charge in [-0.15, -0.1) is 0 Å². The first-order valence-corrected chi connectivity index (χ1v) is 6.26. The van der Waals surface area contributed by atoms with Crippen LogP contribution in [0.3, 0.4) is 0 Å². The summed E-state index contributed by atoms with van der Waals surface area (Å²) in [7, 11) is -0.680. The van der Waals surface area contributed by atoms with E-state index >= 15 is 0 Å². The fourth-order valence-electron chi connectivity index (χ4n) is 1.84. The second-order valence-electron chi connectivity index (χ2n) is 3.51. The molecule has 0 aromatic carbocycles. The molecule has 1 rings (SSSR count). The van der Waals surface area contributed by atoms with Crippen LogP contribution in [0.4, 0.5) is 0 Å². The van der Waals surface area contributed by atoms with E-state index < -0.39 is 10.8 Å². The van der Waals surface area contributed by atoms with Crippen LogP contribution in [0.15, 0.2) is 0 Å². The monoisotopic (exact) mass is 189 g/mol. The first-order valence-electron chi connectivity index (χ1n) is 4.88. The Morgan fingerprint density at radius 1 is 1.33 bits per heavy atom. The van der Waals surface area contributed by atoms with Crippen LogP contribution in [0.2, 0.25) is 0 Å². The molecule has 3 atom stereocenters. The number of hydrogen-bond acceptors (Lipinski definition) is 2. The molecule has 0 radical (unpaired) electrons. The standard InChI is InChI=1S/C9H19NOS/c1-2-12(11)9-7-5-3-4-6-8(9)10/h8-9H,2-7,10H2,1H3. The molecule has 2 N–H and O–H groups in total. The van der Waals surface area contributed by atoms with Crippen molar-refractivity contribution < 1.29 is 4.21 Å². The minimum Gasteiger partial charge on any atom is -0.327 e. The maximum absolute atomic E-state index is 11.6. The van der Waals surface area contributed by atoms with E-state index in [-0.39, 0.29) is 11.3 Å². The van der Waals surface area contributed by atoms with Crippen LogP contribution in [-0.2, 0) is 10.8 Å². The quantitative estimate of drug-likeness (QED) is 0.668. The molecule has 0 bridgehead atoms. The van der Waals surface area contributed by atoms with Crippen molar-refractivity contribution in [3.05, 3.63) is 0 Å². The zero-order valence-electron chi connectivity index (χ0n) is 7.79. The molecule has 1 aliphatic carbocycles. The summed E-state index contributed by atoms with van der Waals surface area (Å²) < 4.78 is 11.6. The van der Waals surface area contributed by atoms with Crippen LogP contribution in [0.5, 0.6) is 0 Å². The van der Waals surface area contributed by atoms with Gasteiger partial charge in [-0.2, -0.15) is 0 Å². The Kier molecular flexibility index (Phi) is 4.22. The van der Waals surface area contributed by atoms with Gasteiger partial charge in [0.2, 0.25) is 0 Å². The molecule has 1 fully saturated rings. The average molecular weight is 189 g/mol. The van der Waals surface area contributed by atoms with Gasteiger partial charge < -0.3 is 5.73 Å². The second-order valence-corrected chi connectivity index (χ2v) is 5.45. The van der Waals surface area contributed by atoms with Crippen LogP contribution in [0, 0.1) is 0 Å². The Morgan fingerprint density at radius 3 is 2.67 bits per heavy atom. The third-order valence-corrected chi connectivity index (χ3v) is 4.46. The predicted octanol–water partition coefficient (Wildman–Crippen LogP) is 1.42. The molecule has 2 nitrogen and oxygen atoms in total. The molecule has 1 aliphatic rings. The summed E-state index contributed by atoms with van der Waals surface area (Å²) in [6, 6.07) is 0.188. The van der Waals surface area contributed by atoms with E-state index in [0.29, 0.717) is 0 Å². The molecule has 3 heteroatoms. The summed E-state index contributed by atoms with van der Waals surface area (Å²) in [5.74, 6) is 0.762. The van der Waals surface area contributed by atoms with Crippen LogP contribution in [0.25, 0.3) is 0 Å². The van der Waals surface area contributed by atoms with Gasteiger partial charge in [0.25, 0.3) is 0 Å². The molecule has 0 aliphatic heterocycles. The summed E-state index contributed by atoms with van der Waals surface area (Å²) in [5.41, 5.74) is 5.96. The average Bonchev–Trinajstić information content (AvgIpc) is 2.28. The lowest BCUT2D eigenvalue weighted by Crippen LogP contribution is -2.37. The Hall–Kier alpha value is 0.110. The lowest BCUT2D eigenvalue weighted by Gasteiger charge is -2.19. The van der Waals surface area contributed by atoms with Crippen molar-refractivity contribution in [1.29, 1.82) is 0 Å². The first-order chi connectivity index (χ1) is 5.75. The molecule has 72 valence electrons. The molecule has 0 aromatic heterocycles. The highest BCUT2D eigenvalue weighted by molar-refractivity contribution is 7.85. The normalized spacial score (nSPS) is 34.2. The number of hydrogen-bond donors (Lipinski definition) is 1. The van der Waals surface area contributed by atoms with Gasteiger partial charge in [-0.05, 0) is 12.8 Å². The molecule has 0 saturated heterocycles. The van der Waals surface area contributed by atoms with Gasteiger partial charge in [-0.25, -0.2) is 0 Å². The highest BCUT2D eigenvalue weighted by Crippen LogP contribution is 2.20. The Bertz CT molecular complexity index is 161. The van der Waals surface area contributed by atoms with E-state index in [1.807, 2.05) is 6.92 Å². The summed E-state index contributed by atoms with van der Waals surface area (Å²) in [5, 5.41) is 0.275. The summed E-state index contributed by atoms with van der Waals surface area (Å²) in [4.78, 5) is 0. The predicted molar refractivity (Wildman–Crippen MR) is 53.5 cm³/mol. The number of rotatable bonds is 2. The van der Waals surface area contributed by atoms with Gasteiger partial charge in [0.1, 0.15) is 0 Å². The summed E-state index contributed by atoms with van der Waals surface area (Å²) in [6.07, 6.45) is 5.84. The van der Waals surface area contributed by atoms with Gasteiger partial charge >= 0.3 is 0 Å². The molecule has 0 aromatic rings. The fourth-order valence-corrected chi connectivity index (χ4v) is 3.23. The lowest BCUT2D eigenvalue weighted by atomic mass is 10.1. The SMILES string of the molecule is CCS(=O)C1CCCCCC1N. The Morgan fingerprint density at radius 2 is 2.00 bits per heavy atom. The molecule has 12 heavy (non-hydrogen) atoms. The third kappa shape index (κ3) is 2.56. The van der Waals surface area contributed by atoms with Crippen molar-refractivity contribution in [2.24, 2.45) is 5.73 Å². The van der Waals surface area contributed by atoms with Crippen molar-refractivity contribution in [2.75, 3.05) is 5.75 Å². The third-order valence-electron chi connectivity index (χ3n) is 2.63. The smallest absolute Gasteiger partial charge is 0.0498 e. The zero-order valence-corrected chi connectivity index (χ0v) is 8.61. The molecular weight excluding hydrogens is 170 g/mol. The Balaban J connectivity index is 2.52. The van der Waals surface area contributed by atoms with Crippen LogP contribution >= 0.6 is 0 Å². The van der Waals surface area contributed by atoms with Gasteiger partial charge in [-0.1, -0.05) is 26.2 Å². The van der Waals surface area contributed by atoms with Gasteiger partial charge in [-0.3, -0.25) is 4.21 Å². The minimum atomic E-state index is -0.680. The maximum Gasteiger partial charge on any atom is 0.0498 e. The second kappa shape index (κ2) is 4.97. The fraction of sp³-hybridized carbons (Fsp3) is 1.00. The molecule has 0 spiro atoms. The summed E-state index contributed by atoms with van der Waals surface area (Å²) in [6.45, 7) is 1.98. The minimum absolute atomic E-state index is 0.188. The highest BCUT2D eigenvalue weighted by atomic mass is 32.2. The van der Waals surface area contributed by atoms with E-state index in [0.717, 1.165) is 18.6 Å². The number of nitrogens with two attached hydrogens (primary N) is 1. The van der Waals surface area contributed by atoms with Gasteiger partial charge in [0.05, 0.1) is 0 Å². The topological polar surface area (TPSA) is 43.1 Å². The van der Waals surface area contributed by atoms with Crippen molar-refractivity contribution in [2.45, 2.75) is 50.3 Å². The van der Waals surface area contributed by atoms with Crippen molar-refractivity contribution >= 4 is 10.8 Å². The van der Waals surface area contributed by atoms with Gasteiger partial charge in [0, 0.05) is 27.8 Å². The van der Waals surface area contributed by atoms with E-state index in [2.05, 4.69) is 0 Å². The molecule has 1 saturated carbocycles. The van der Waals surface area contributed by atoms with Crippen molar-refractivity contribution in [1.82, 2.24) is 0 Å². The largest absolute Gasteiger partial charge is 0.327 e. The zero-order chi connectivity index (χ0) is 8.97. The molecular formula is C9H19NOS. The Labute approximate surface area is 77.4 Å². The van der Waals surface area contributed by atoms with Crippen molar-refractivity contribution in [3.8, 4) is 0 Å². The van der Waals surface area contributed by atoms with Crippen LogP contribution in [-0.4, -0.2) is 21.3 Å². The first kappa shape index (κ1) is 10.2. The van der Waals surface area contributed by atoms with Crippen molar-refractivity contribution in [3.63, 3.8) is 0 Å². The highest BCUT2D eigenvalue weighted by Gasteiger charge is 2.24. The van der Waals surface area contributed by atoms with Crippen LogP contribution in [0.1, 0.15) is 39.0 Å². The van der Waals surface area contributed by atoms with Crippen LogP contribution < -0.4 is 5.73 Å². The van der Waals surface area contributed by atoms with E-state index in [4.69, 9.17) is 5.73 Å². The van der Waals surface area contributed by atoms with Gasteiger partial charge in [0.15, 0.2) is 0 Å². The van der Waals surface area contributed by atoms with E-state index in [1.54, 1.807) is 0 Å². The molecule has 0 heterocycles. The van der Waals surface area contributed by atoms with E-state index in [1.165, 1.54) is 19.3 Å². The van der Waals surface area contributed by atoms with E-state index in [9.17, 15) is 4.21 Å². The molecule has 3 unspecified atom stereocenters. The lowest BCUT2D eigenvalue weighted by molar-refractivity contribution is 0.575.